The van der Waals surface area contributed by atoms with Gasteiger partial charge in [0.2, 0.25) is 0 Å². The van der Waals surface area contributed by atoms with E-state index in [0.717, 1.165) is 55.0 Å². The van der Waals surface area contributed by atoms with E-state index in [4.69, 9.17) is 0 Å². The lowest BCUT2D eigenvalue weighted by Crippen LogP contribution is -1.91. The van der Waals surface area contributed by atoms with Crippen molar-refractivity contribution in [2.45, 2.75) is 4.21 Å². The second-order valence-electron chi connectivity index (χ2n) is 7.78. The molecule has 0 aliphatic rings. The molecule has 0 aliphatic heterocycles. The first-order valence-corrected chi connectivity index (χ1v) is 12.7. The molecule has 9 nitrogen and oxygen atoms in total. The zero-order valence-electron chi connectivity index (χ0n) is 17.6. The maximum Gasteiger partial charge on any atom is 0.184 e. The van der Waals surface area contributed by atoms with Crippen LogP contribution in [0.5, 0.6) is 0 Å². The summed E-state index contributed by atoms with van der Waals surface area (Å²) in [4.78, 5) is 13.3. The molecule has 0 fully saturated rings. The number of thiophene rings is 1. The highest BCUT2D eigenvalue weighted by Crippen LogP contribution is 2.36. The van der Waals surface area contributed by atoms with Crippen LogP contribution in [0.1, 0.15) is 0 Å². The Bertz CT molecular complexity index is 1770. The smallest absolute Gasteiger partial charge is 0.184 e. The summed E-state index contributed by atoms with van der Waals surface area (Å²) in [6.45, 7) is 0. The Morgan fingerprint density at radius 1 is 1.00 bits per heavy atom. The number of fused-ring (bicyclic) bond motifs is 2. The van der Waals surface area contributed by atoms with Crippen molar-refractivity contribution in [2.75, 3.05) is 6.26 Å². The number of aromatic amines is 2. The number of aromatic nitrogens is 7. The third kappa shape index (κ3) is 3.33. The zero-order valence-corrected chi connectivity index (χ0v) is 19.2. The van der Waals surface area contributed by atoms with Gasteiger partial charge in [0.15, 0.2) is 9.84 Å². The normalized spacial score (nSPS) is 12.2. The van der Waals surface area contributed by atoms with E-state index in [1.165, 1.54) is 17.6 Å². The molecule has 6 rings (SSSR count). The number of rotatable bonds is 4. The van der Waals surface area contributed by atoms with E-state index in [0.29, 0.717) is 4.21 Å². The summed E-state index contributed by atoms with van der Waals surface area (Å²) in [7, 11) is -1.40. The first kappa shape index (κ1) is 19.8. The summed E-state index contributed by atoms with van der Waals surface area (Å²) in [5, 5.41) is 13.6. The van der Waals surface area contributed by atoms with Crippen molar-refractivity contribution < 1.29 is 8.42 Å². The molecular formula is C22H17N7O2S2. The van der Waals surface area contributed by atoms with Gasteiger partial charge in [0.05, 0.1) is 39.9 Å². The largest absolute Gasteiger partial charge is 0.353 e. The van der Waals surface area contributed by atoms with Gasteiger partial charge in [-0.3, -0.25) is 19.7 Å². The molecule has 11 heteroatoms. The highest BCUT2D eigenvalue weighted by molar-refractivity contribution is 7.92. The first-order valence-electron chi connectivity index (χ1n) is 9.98. The number of H-pyrrole nitrogens is 2. The second-order valence-corrected chi connectivity index (χ2v) is 11.1. The van der Waals surface area contributed by atoms with Crippen molar-refractivity contribution in [3.05, 3.63) is 55.1 Å². The number of nitrogens with zero attached hydrogens (tertiary/aromatic N) is 5. The topological polar surface area (TPSA) is 122 Å². The fourth-order valence-corrected chi connectivity index (χ4v) is 5.80. The van der Waals surface area contributed by atoms with E-state index in [-0.39, 0.29) is 0 Å². The van der Waals surface area contributed by atoms with Crippen LogP contribution in [0.2, 0.25) is 0 Å². The minimum absolute atomic E-state index is 0.320. The molecule has 0 saturated heterocycles. The van der Waals surface area contributed by atoms with Crippen LogP contribution in [0, 0.1) is 0 Å². The molecule has 0 unspecified atom stereocenters. The van der Waals surface area contributed by atoms with Gasteiger partial charge in [0, 0.05) is 47.5 Å². The SMILES string of the molecule is Cn1cc(-c2cc3c(-c4cc5c(-c6ccc(S(C)(=O)=O)s6)nccc5[nH]4)n[nH]c3cn2)cn1. The van der Waals surface area contributed by atoms with Gasteiger partial charge in [0.25, 0.3) is 0 Å². The standard InChI is InChI=1S/C22H17N7O2S2/c1-29-11-12(9-25-29)16-7-14-18(10-24-16)27-28-21(14)17-8-13-15(26-17)5-6-23-22(13)19-3-4-20(32-19)33(2,30)31/h3-11,26H,1-2H3,(H,27,28). The number of nitrogens with one attached hydrogen (secondary N) is 2. The Morgan fingerprint density at radius 2 is 1.85 bits per heavy atom. The van der Waals surface area contributed by atoms with Crippen molar-refractivity contribution in [1.82, 2.24) is 34.9 Å². The average Bonchev–Trinajstić information content (AvgIpc) is 3.56. The van der Waals surface area contributed by atoms with Gasteiger partial charge >= 0.3 is 0 Å². The Morgan fingerprint density at radius 3 is 2.61 bits per heavy atom. The fourth-order valence-electron chi connectivity index (χ4n) is 3.86. The van der Waals surface area contributed by atoms with Gasteiger partial charge in [0.1, 0.15) is 9.90 Å². The summed E-state index contributed by atoms with van der Waals surface area (Å²) in [5.74, 6) is 0. The van der Waals surface area contributed by atoms with Crippen LogP contribution in [0.15, 0.2) is 59.3 Å². The number of sulfone groups is 1. The van der Waals surface area contributed by atoms with Gasteiger partial charge in [-0.2, -0.15) is 10.2 Å². The van der Waals surface area contributed by atoms with E-state index in [2.05, 4.69) is 30.2 Å². The monoisotopic (exact) mass is 475 g/mol. The molecule has 0 aromatic carbocycles. The molecule has 2 N–H and O–H groups in total. The highest BCUT2D eigenvalue weighted by Gasteiger charge is 2.18. The third-order valence-electron chi connectivity index (χ3n) is 5.43. The summed E-state index contributed by atoms with van der Waals surface area (Å²) in [6.07, 6.45) is 8.39. The first-order chi connectivity index (χ1) is 15.9. The van der Waals surface area contributed by atoms with Gasteiger partial charge in [-0.15, -0.1) is 11.3 Å². The molecule has 6 aromatic rings. The van der Waals surface area contributed by atoms with E-state index in [1.54, 1.807) is 35.4 Å². The summed E-state index contributed by atoms with van der Waals surface area (Å²) in [6, 6.07) is 9.30. The lowest BCUT2D eigenvalue weighted by Gasteiger charge is -1.98. The lowest BCUT2D eigenvalue weighted by atomic mass is 10.1. The Labute approximate surface area is 192 Å². The zero-order chi connectivity index (χ0) is 22.7. The van der Waals surface area contributed by atoms with Gasteiger partial charge in [-0.1, -0.05) is 0 Å². The Hall–Kier alpha value is -3.83. The quantitative estimate of drug-likeness (QED) is 0.397. The molecule has 0 amide bonds. The van der Waals surface area contributed by atoms with Crippen molar-refractivity contribution in [3.8, 4) is 33.2 Å². The maximum absolute atomic E-state index is 11.9. The maximum atomic E-state index is 11.9. The van der Waals surface area contributed by atoms with Crippen LogP contribution in [0.3, 0.4) is 0 Å². The van der Waals surface area contributed by atoms with Crippen molar-refractivity contribution >= 4 is 43.0 Å². The Kier molecular flexibility index (Phi) is 4.26. The van der Waals surface area contributed by atoms with Crippen LogP contribution in [0.25, 0.3) is 55.0 Å². The van der Waals surface area contributed by atoms with E-state index in [9.17, 15) is 8.42 Å². The van der Waals surface area contributed by atoms with Crippen molar-refractivity contribution in [2.24, 2.45) is 7.05 Å². The van der Waals surface area contributed by atoms with Gasteiger partial charge in [-0.05, 0) is 30.3 Å². The molecule has 6 heterocycles. The van der Waals surface area contributed by atoms with Crippen molar-refractivity contribution in [3.63, 3.8) is 0 Å². The summed E-state index contributed by atoms with van der Waals surface area (Å²) < 4.78 is 25.9. The fraction of sp³-hybridized carbons (Fsp3) is 0.0909. The van der Waals surface area contributed by atoms with E-state index >= 15 is 0 Å². The van der Waals surface area contributed by atoms with Crippen LogP contribution in [-0.4, -0.2) is 49.6 Å². The molecular weight excluding hydrogens is 458 g/mol. The minimum Gasteiger partial charge on any atom is -0.353 e. The molecule has 0 aliphatic carbocycles. The van der Waals surface area contributed by atoms with Crippen LogP contribution in [0.4, 0.5) is 0 Å². The van der Waals surface area contributed by atoms with Crippen LogP contribution < -0.4 is 0 Å². The molecule has 6 aromatic heterocycles. The molecule has 0 bridgehead atoms. The van der Waals surface area contributed by atoms with Gasteiger partial charge in [-0.25, -0.2) is 8.42 Å². The molecule has 33 heavy (non-hydrogen) atoms. The second kappa shape index (κ2) is 7.09. The number of aryl methyl sites for hydroxylation is 1. The van der Waals surface area contributed by atoms with E-state index in [1.807, 2.05) is 31.4 Å². The number of hydrogen-bond acceptors (Lipinski definition) is 7. The highest BCUT2D eigenvalue weighted by atomic mass is 32.2. The predicted molar refractivity (Wildman–Crippen MR) is 128 cm³/mol. The summed E-state index contributed by atoms with van der Waals surface area (Å²) in [5.41, 5.74) is 5.77. The van der Waals surface area contributed by atoms with Crippen LogP contribution in [-0.2, 0) is 16.9 Å². The van der Waals surface area contributed by atoms with Crippen molar-refractivity contribution in [1.29, 1.82) is 0 Å². The molecule has 0 radical (unpaired) electrons. The molecule has 0 atom stereocenters. The predicted octanol–water partition coefficient (Wildman–Crippen LogP) is 4.03. The number of hydrogen-bond donors (Lipinski definition) is 2. The lowest BCUT2D eigenvalue weighted by molar-refractivity contribution is 0.604. The van der Waals surface area contributed by atoms with Crippen LogP contribution >= 0.6 is 11.3 Å². The molecule has 164 valence electrons. The van der Waals surface area contributed by atoms with E-state index < -0.39 is 9.84 Å². The average molecular weight is 476 g/mol. The molecule has 0 spiro atoms. The molecule has 0 saturated carbocycles. The number of pyridine rings is 2. The summed E-state index contributed by atoms with van der Waals surface area (Å²) >= 11 is 1.22. The van der Waals surface area contributed by atoms with Gasteiger partial charge < -0.3 is 4.98 Å². The third-order valence-corrected chi connectivity index (χ3v) is 8.34. The Balaban J connectivity index is 1.49. The minimum atomic E-state index is -3.27.